The van der Waals surface area contributed by atoms with Gasteiger partial charge >= 0.3 is 0 Å². The molecular weight excluding hydrogens is 294 g/mol. The van der Waals surface area contributed by atoms with Crippen LogP contribution in [0.15, 0.2) is 36.4 Å². The molecular formula is C17H19N3OS. The van der Waals surface area contributed by atoms with Gasteiger partial charge in [0.05, 0.1) is 5.69 Å². The Morgan fingerprint density at radius 2 is 2.14 bits per heavy atom. The van der Waals surface area contributed by atoms with Gasteiger partial charge in [0.25, 0.3) is 0 Å². The zero-order valence-corrected chi connectivity index (χ0v) is 13.6. The SMILES string of the molecule is C/C(=C/C(=O)Nc1nc2c(s1)CN(C)CC2)c1ccccc1. The Kier molecular flexibility index (Phi) is 4.36. The summed E-state index contributed by atoms with van der Waals surface area (Å²) in [4.78, 5) is 20.2. The lowest BCUT2D eigenvalue weighted by atomic mass is 10.1. The molecule has 1 aliphatic heterocycles. The summed E-state index contributed by atoms with van der Waals surface area (Å²) in [7, 11) is 2.10. The highest BCUT2D eigenvalue weighted by Gasteiger charge is 2.18. The van der Waals surface area contributed by atoms with Crippen molar-refractivity contribution in [3.8, 4) is 0 Å². The third-order valence-electron chi connectivity index (χ3n) is 3.73. The average Bonchev–Trinajstić information content (AvgIpc) is 2.89. The van der Waals surface area contributed by atoms with Crippen molar-refractivity contribution in [2.24, 2.45) is 0 Å². The molecule has 0 aliphatic carbocycles. The minimum atomic E-state index is -0.124. The molecule has 1 amide bonds. The molecule has 0 saturated carbocycles. The van der Waals surface area contributed by atoms with Gasteiger partial charge in [-0.2, -0.15) is 0 Å². The van der Waals surface area contributed by atoms with E-state index >= 15 is 0 Å². The van der Waals surface area contributed by atoms with Crippen molar-refractivity contribution < 1.29 is 4.79 Å². The van der Waals surface area contributed by atoms with Gasteiger partial charge in [-0.25, -0.2) is 4.98 Å². The van der Waals surface area contributed by atoms with Gasteiger partial charge in [-0.3, -0.25) is 10.1 Å². The van der Waals surface area contributed by atoms with Crippen LogP contribution in [0.4, 0.5) is 5.13 Å². The summed E-state index contributed by atoms with van der Waals surface area (Å²) in [6, 6.07) is 9.90. The van der Waals surface area contributed by atoms with Gasteiger partial charge in [0, 0.05) is 30.5 Å². The Bertz CT molecular complexity index is 706. The Labute approximate surface area is 134 Å². The molecule has 0 fully saturated rings. The van der Waals surface area contributed by atoms with Crippen LogP contribution < -0.4 is 5.32 Å². The van der Waals surface area contributed by atoms with Gasteiger partial charge in [-0.05, 0) is 25.1 Å². The summed E-state index contributed by atoms with van der Waals surface area (Å²) >= 11 is 1.58. The minimum Gasteiger partial charge on any atom is -0.301 e. The van der Waals surface area contributed by atoms with Gasteiger partial charge in [0.1, 0.15) is 0 Å². The number of allylic oxidation sites excluding steroid dienone is 1. The summed E-state index contributed by atoms with van der Waals surface area (Å²) < 4.78 is 0. The minimum absolute atomic E-state index is 0.124. The largest absolute Gasteiger partial charge is 0.301 e. The second kappa shape index (κ2) is 6.42. The van der Waals surface area contributed by atoms with E-state index in [2.05, 4.69) is 22.2 Å². The van der Waals surface area contributed by atoms with Gasteiger partial charge in [-0.1, -0.05) is 30.3 Å². The van der Waals surface area contributed by atoms with Crippen LogP contribution in [0.3, 0.4) is 0 Å². The second-order valence-electron chi connectivity index (χ2n) is 5.56. The summed E-state index contributed by atoms with van der Waals surface area (Å²) in [6.45, 7) is 3.88. The Hall–Kier alpha value is -1.98. The number of amides is 1. The fourth-order valence-corrected chi connectivity index (χ4v) is 3.59. The van der Waals surface area contributed by atoms with E-state index in [1.807, 2.05) is 37.3 Å². The summed E-state index contributed by atoms with van der Waals surface area (Å²) in [6.07, 6.45) is 2.58. The van der Waals surface area contributed by atoms with E-state index in [0.717, 1.165) is 36.3 Å². The number of hydrogen-bond acceptors (Lipinski definition) is 4. The number of thiazole rings is 1. The third kappa shape index (κ3) is 3.43. The quantitative estimate of drug-likeness (QED) is 0.885. The van der Waals surface area contributed by atoms with E-state index in [1.165, 1.54) is 4.88 Å². The van der Waals surface area contributed by atoms with Crippen molar-refractivity contribution in [2.45, 2.75) is 19.9 Å². The van der Waals surface area contributed by atoms with Crippen LogP contribution in [-0.4, -0.2) is 29.4 Å². The van der Waals surface area contributed by atoms with Gasteiger partial charge in [-0.15, -0.1) is 11.3 Å². The number of hydrogen-bond donors (Lipinski definition) is 1. The molecule has 1 N–H and O–H groups in total. The van der Waals surface area contributed by atoms with Crippen molar-refractivity contribution in [1.29, 1.82) is 0 Å². The fraction of sp³-hybridized carbons (Fsp3) is 0.294. The van der Waals surface area contributed by atoms with Crippen molar-refractivity contribution >= 4 is 27.9 Å². The molecule has 1 aromatic heterocycles. The normalized spacial score (nSPS) is 15.5. The van der Waals surface area contributed by atoms with E-state index in [-0.39, 0.29) is 5.91 Å². The lowest BCUT2D eigenvalue weighted by molar-refractivity contribution is -0.111. The van der Waals surface area contributed by atoms with Crippen LogP contribution in [0.2, 0.25) is 0 Å². The number of carbonyl (C=O) groups is 1. The highest BCUT2D eigenvalue weighted by Crippen LogP contribution is 2.27. The molecule has 22 heavy (non-hydrogen) atoms. The molecule has 0 radical (unpaired) electrons. The summed E-state index contributed by atoms with van der Waals surface area (Å²) in [5, 5.41) is 3.58. The molecule has 5 heteroatoms. The van der Waals surface area contributed by atoms with Crippen molar-refractivity contribution in [1.82, 2.24) is 9.88 Å². The first-order chi connectivity index (χ1) is 10.6. The monoisotopic (exact) mass is 313 g/mol. The molecule has 0 atom stereocenters. The lowest BCUT2D eigenvalue weighted by Gasteiger charge is -2.20. The van der Waals surface area contributed by atoms with Crippen LogP contribution >= 0.6 is 11.3 Å². The van der Waals surface area contributed by atoms with E-state index in [9.17, 15) is 4.79 Å². The molecule has 0 unspecified atom stereocenters. The van der Waals surface area contributed by atoms with Crippen molar-refractivity contribution in [2.75, 3.05) is 18.9 Å². The molecule has 2 aromatic rings. The number of aromatic nitrogens is 1. The van der Waals surface area contributed by atoms with Crippen LogP contribution in [0, 0.1) is 0 Å². The van der Waals surface area contributed by atoms with Gasteiger partial charge in [0.2, 0.25) is 5.91 Å². The second-order valence-corrected chi connectivity index (χ2v) is 6.64. The fourth-order valence-electron chi connectivity index (χ4n) is 2.50. The molecule has 0 saturated heterocycles. The summed E-state index contributed by atoms with van der Waals surface area (Å²) in [5.74, 6) is -0.124. The zero-order valence-electron chi connectivity index (χ0n) is 12.8. The van der Waals surface area contributed by atoms with Crippen molar-refractivity contribution in [3.63, 3.8) is 0 Å². The number of nitrogens with zero attached hydrogens (tertiary/aromatic N) is 2. The number of anilines is 1. The molecule has 1 aromatic carbocycles. The molecule has 0 spiro atoms. The molecule has 2 heterocycles. The van der Waals surface area contributed by atoms with Crippen molar-refractivity contribution in [3.05, 3.63) is 52.5 Å². The Balaban J connectivity index is 1.70. The Morgan fingerprint density at radius 1 is 1.36 bits per heavy atom. The highest BCUT2D eigenvalue weighted by atomic mass is 32.1. The van der Waals surface area contributed by atoms with Gasteiger partial charge in [0.15, 0.2) is 5.13 Å². The first-order valence-corrected chi connectivity index (χ1v) is 8.15. The molecule has 3 rings (SSSR count). The van der Waals surface area contributed by atoms with Crippen LogP contribution in [-0.2, 0) is 17.8 Å². The number of nitrogens with one attached hydrogen (secondary N) is 1. The molecule has 1 aliphatic rings. The zero-order chi connectivity index (χ0) is 15.5. The van der Waals surface area contributed by atoms with E-state index in [1.54, 1.807) is 17.4 Å². The maximum atomic E-state index is 12.1. The standard InChI is InChI=1S/C17H19N3OS/c1-12(13-6-4-3-5-7-13)10-16(21)19-17-18-14-8-9-20(2)11-15(14)22-17/h3-7,10H,8-9,11H2,1-2H3,(H,18,19,21)/b12-10-. The predicted molar refractivity (Wildman–Crippen MR) is 90.9 cm³/mol. The van der Waals surface area contributed by atoms with Crippen LogP contribution in [0.1, 0.15) is 23.1 Å². The maximum absolute atomic E-state index is 12.1. The van der Waals surface area contributed by atoms with Crippen LogP contribution in [0.5, 0.6) is 0 Å². The van der Waals surface area contributed by atoms with Crippen LogP contribution in [0.25, 0.3) is 5.57 Å². The van der Waals surface area contributed by atoms with Gasteiger partial charge < -0.3 is 4.90 Å². The predicted octanol–water partition coefficient (Wildman–Crippen LogP) is 3.17. The highest BCUT2D eigenvalue weighted by molar-refractivity contribution is 7.15. The number of rotatable bonds is 3. The van der Waals surface area contributed by atoms with E-state index in [4.69, 9.17) is 0 Å². The first kappa shape index (κ1) is 14.9. The summed E-state index contributed by atoms with van der Waals surface area (Å²) in [5.41, 5.74) is 3.12. The first-order valence-electron chi connectivity index (χ1n) is 7.33. The third-order valence-corrected chi connectivity index (χ3v) is 4.73. The Morgan fingerprint density at radius 3 is 2.91 bits per heavy atom. The molecule has 114 valence electrons. The number of likely N-dealkylation sites (N-methyl/N-ethyl adjacent to an activating group) is 1. The maximum Gasteiger partial charge on any atom is 0.250 e. The number of benzene rings is 1. The number of carbonyl (C=O) groups excluding carboxylic acids is 1. The number of fused-ring (bicyclic) bond motifs is 1. The lowest BCUT2D eigenvalue weighted by Crippen LogP contribution is -2.25. The topological polar surface area (TPSA) is 45.2 Å². The smallest absolute Gasteiger partial charge is 0.250 e. The molecule has 0 bridgehead atoms. The average molecular weight is 313 g/mol. The van der Waals surface area contributed by atoms with E-state index < -0.39 is 0 Å². The molecule has 4 nitrogen and oxygen atoms in total. The van der Waals surface area contributed by atoms with E-state index in [0.29, 0.717) is 5.13 Å².